The van der Waals surface area contributed by atoms with E-state index < -0.39 is 12.4 Å². The van der Waals surface area contributed by atoms with Gasteiger partial charge in [-0.3, -0.25) is 14.3 Å². The summed E-state index contributed by atoms with van der Waals surface area (Å²) < 4.78 is 17.2. The van der Waals surface area contributed by atoms with Gasteiger partial charge in [0, 0.05) is 13.3 Å². The summed E-state index contributed by atoms with van der Waals surface area (Å²) in [6.45, 7) is 0. The van der Waals surface area contributed by atoms with Crippen molar-refractivity contribution < 1.29 is 19.3 Å². The van der Waals surface area contributed by atoms with Gasteiger partial charge in [-0.1, -0.05) is 0 Å². The summed E-state index contributed by atoms with van der Waals surface area (Å²) in [6.07, 6.45) is -0.399. The number of nitrogen functional groups attached to an aromatic ring is 1. The Hall–Kier alpha value is -2.52. The molecule has 21 heavy (non-hydrogen) atoms. The molecule has 0 fully saturated rings. The Kier molecular flexibility index (Phi) is 3.07. The monoisotopic (exact) mass is 294 g/mol. The van der Waals surface area contributed by atoms with Crippen molar-refractivity contribution in [1.29, 1.82) is 0 Å². The zero-order chi connectivity index (χ0) is 15.1. The number of hydrogen-bond acceptors (Lipinski definition) is 7. The third-order valence-electron chi connectivity index (χ3n) is 3.21. The van der Waals surface area contributed by atoms with Gasteiger partial charge in [-0.25, -0.2) is 0 Å². The molecule has 1 aliphatic heterocycles. The number of aromatic nitrogens is 3. The van der Waals surface area contributed by atoms with E-state index in [1.807, 2.05) is 0 Å². The smallest absolute Gasteiger partial charge is 0.261 e. The molecule has 0 saturated carbocycles. The number of nitrogens with two attached hydrogens (primary N) is 1. The summed E-state index contributed by atoms with van der Waals surface area (Å²) in [4.78, 5) is 18.3. The molecule has 0 amide bonds. The van der Waals surface area contributed by atoms with E-state index in [1.54, 1.807) is 12.3 Å². The van der Waals surface area contributed by atoms with Gasteiger partial charge in [0.1, 0.15) is 0 Å². The minimum absolute atomic E-state index is 0.0196. The number of H-pyrrole nitrogens is 1. The molecule has 2 aromatic heterocycles. The van der Waals surface area contributed by atoms with E-state index in [0.29, 0.717) is 11.0 Å². The Bertz CT molecular complexity index is 778. The number of nitrogens with one attached hydrogen (secondary N) is 1. The molecule has 2 atom stereocenters. The topological polar surface area (TPSA) is 125 Å². The molecular formula is C12H14N4O5. The van der Waals surface area contributed by atoms with Crippen LogP contribution in [0.3, 0.4) is 0 Å². The molecule has 9 nitrogen and oxygen atoms in total. The summed E-state index contributed by atoms with van der Waals surface area (Å²) in [5.41, 5.74) is 5.49. The first-order valence-electron chi connectivity index (χ1n) is 6.09. The minimum Gasteiger partial charge on any atom is -0.493 e. The largest absolute Gasteiger partial charge is 0.493 e. The highest BCUT2D eigenvalue weighted by Gasteiger charge is 2.38. The number of methoxy groups -OCH3 is 2. The molecule has 0 saturated heterocycles. The molecule has 112 valence electrons. The first-order chi connectivity index (χ1) is 10.1. The predicted octanol–water partition coefficient (Wildman–Crippen LogP) is -0.557. The van der Waals surface area contributed by atoms with Gasteiger partial charge in [0.05, 0.1) is 12.5 Å². The Balaban J connectivity index is 2.21. The molecule has 3 heterocycles. The number of aromatic amines is 1. The maximum Gasteiger partial charge on any atom is 0.261 e. The van der Waals surface area contributed by atoms with Gasteiger partial charge < -0.3 is 25.1 Å². The number of fused-ring (bicyclic) bond motifs is 1. The number of aliphatic hydroxyl groups is 1. The van der Waals surface area contributed by atoms with E-state index in [4.69, 9.17) is 19.9 Å². The third kappa shape index (κ3) is 1.94. The number of hydrogen-bond donors (Lipinski definition) is 3. The highest BCUT2D eigenvalue weighted by molar-refractivity contribution is 5.79. The van der Waals surface area contributed by atoms with Crippen LogP contribution in [-0.2, 0) is 14.2 Å². The van der Waals surface area contributed by atoms with Crippen LogP contribution in [0, 0.1) is 0 Å². The normalized spacial score (nSPS) is 21.9. The summed E-state index contributed by atoms with van der Waals surface area (Å²) in [6, 6.07) is 1.57. The minimum atomic E-state index is -1.08. The van der Waals surface area contributed by atoms with Crippen LogP contribution < -0.4 is 11.3 Å². The third-order valence-corrected chi connectivity index (χ3v) is 3.21. The predicted molar refractivity (Wildman–Crippen MR) is 72.9 cm³/mol. The van der Waals surface area contributed by atoms with Crippen LogP contribution in [0.15, 0.2) is 22.8 Å². The Morgan fingerprint density at radius 1 is 1.52 bits per heavy atom. The van der Waals surface area contributed by atoms with Gasteiger partial charge in [0.25, 0.3) is 5.56 Å². The van der Waals surface area contributed by atoms with Crippen molar-refractivity contribution in [2.45, 2.75) is 12.4 Å². The molecule has 9 heteroatoms. The van der Waals surface area contributed by atoms with Crippen LogP contribution in [0.4, 0.5) is 5.95 Å². The maximum atomic E-state index is 11.8. The molecule has 3 rings (SSSR count). The van der Waals surface area contributed by atoms with Crippen LogP contribution in [0.25, 0.3) is 16.9 Å². The van der Waals surface area contributed by atoms with Gasteiger partial charge in [0.15, 0.2) is 17.5 Å². The fourth-order valence-corrected chi connectivity index (χ4v) is 2.25. The number of aliphatic hydroxyl groups excluding tert-OH is 1. The maximum absolute atomic E-state index is 11.8. The van der Waals surface area contributed by atoms with E-state index in [2.05, 4.69) is 9.97 Å². The molecule has 4 N–H and O–H groups in total. The lowest BCUT2D eigenvalue weighted by Crippen LogP contribution is -2.26. The average Bonchev–Trinajstić information content (AvgIpc) is 2.99. The highest BCUT2D eigenvalue weighted by Crippen LogP contribution is 2.31. The molecule has 1 unspecified atom stereocenters. The van der Waals surface area contributed by atoms with Crippen molar-refractivity contribution in [3.8, 4) is 0 Å². The zero-order valence-electron chi connectivity index (χ0n) is 11.4. The summed E-state index contributed by atoms with van der Waals surface area (Å²) in [5.74, 6) is 0.359. The fourth-order valence-electron chi connectivity index (χ4n) is 2.25. The summed E-state index contributed by atoms with van der Waals surface area (Å²) >= 11 is 0. The molecule has 0 aliphatic carbocycles. The first-order valence-corrected chi connectivity index (χ1v) is 6.09. The quantitative estimate of drug-likeness (QED) is 0.693. The number of rotatable bonds is 3. The van der Waals surface area contributed by atoms with Crippen molar-refractivity contribution >= 4 is 22.9 Å². The van der Waals surface area contributed by atoms with Crippen molar-refractivity contribution in [1.82, 2.24) is 14.5 Å². The summed E-state index contributed by atoms with van der Waals surface area (Å²) in [7, 11) is 2.80. The zero-order valence-corrected chi connectivity index (χ0v) is 11.4. The molecule has 0 spiro atoms. The standard InChI is InChI=1S/C12H14N4O5/c1-19-7-6(17)11(20-2)21-10(7)16-4-3-5-8(16)14-12(13)15-9(5)18/h3-4,6,11,17H,1-2H3,(H3,13,14,15,18)/t6?,11-/m0/s1. The van der Waals surface area contributed by atoms with Crippen molar-refractivity contribution in [2.24, 2.45) is 0 Å². The van der Waals surface area contributed by atoms with Crippen LogP contribution in [0.5, 0.6) is 0 Å². The van der Waals surface area contributed by atoms with E-state index in [-0.39, 0.29) is 23.1 Å². The van der Waals surface area contributed by atoms with Gasteiger partial charge in [-0.15, -0.1) is 0 Å². The molecule has 0 aromatic carbocycles. The van der Waals surface area contributed by atoms with Crippen molar-refractivity contribution in [3.05, 3.63) is 28.4 Å². The lowest BCUT2D eigenvalue weighted by Gasteiger charge is -2.13. The molecule has 1 aliphatic rings. The second kappa shape index (κ2) is 4.79. The second-order valence-electron chi connectivity index (χ2n) is 4.41. The van der Waals surface area contributed by atoms with Crippen molar-refractivity contribution in [3.63, 3.8) is 0 Å². The molecular weight excluding hydrogens is 280 g/mol. The van der Waals surface area contributed by atoms with Crippen LogP contribution in [0.1, 0.15) is 0 Å². The number of ether oxygens (including phenoxy) is 3. The fraction of sp³-hybridized carbons (Fsp3) is 0.333. The second-order valence-corrected chi connectivity index (χ2v) is 4.41. The van der Waals surface area contributed by atoms with Gasteiger partial charge in [-0.05, 0) is 6.07 Å². The SMILES string of the molecule is COC1=C(n2ccc3c(=O)[nH]c(N)nc32)O[C@H](OC)C1O. The van der Waals surface area contributed by atoms with Crippen LogP contribution in [0.2, 0.25) is 0 Å². The van der Waals surface area contributed by atoms with Crippen molar-refractivity contribution in [2.75, 3.05) is 20.0 Å². The highest BCUT2D eigenvalue weighted by atomic mass is 16.7. The summed E-state index contributed by atoms with van der Waals surface area (Å²) in [5, 5.41) is 10.4. The van der Waals surface area contributed by atoms with E-state index in [9.17, 15) is 9.90 Å². The molecule has 2 aromatic rings. The Morgan fingerprint density at radius 3 is 2.95 bits per heavy atom. The van der Waals surface area contributed by atoms with Gasteiger partial charge in [-0.2, -0.15) is 4.98 Å². The average molecular weight is 294 g/mol. The Morgan fingerprint density at radius 2 is 2.29 bits per heavy atom. The van der Waals surface area contributed by atoms with E-state index in [0.717, 1.165) is 0 Å². The number of anilines is 1. The van der Waals surface area contributed by atoms with Gasteiger partial charge >= 0.3 is 0 Å². The van der Waals surface area contributed by atoms with Crippen LogP contribution in [-0.4, -0.2) is 46.3 Å². The lowest BCUT2D eigenvalue weighted by molar-refractivity contribution is -0.120. The van der Waals surface area contributed by atoms with E-state index >= 15 is 0 Å². The van der Waals surface area contributed by atoms with Gasteiger partial charge in [0.2, 0.25) is 18.1 Å². The van der Waals surface area contributed by atoms with E-state index in [1.165, 1.54) is 18.8 Å². The Labute approximate surface area is 118 Å². The van der Waals surface area contributed by atoms with Crippen LogP contribution >= 0.6 is 0 Å². The molecule has 0 radical (unpaired) electrons. The molecule has 0 bridgehead atoms. The first kappa shape index (κ1) is 13.5. The lowest BCUT2D eigenvalue weighted by atomic mass is 10.3. The number of nitrogens with zero attached hydrogens (tertiary/aromatic N) is 2.